The summed E-state index contributed by atoms with van der Waals surface area (Å²) in [5, 5.41) is 9.21. The smallest absolute Gasteiger partial charge is 0.0836 e. The van der Waals surface area contributed by atoms with Crippen LogP contribution in [0.3, 0.4) is 0 Å². The molecule has 0 spiro atoms. The Balaban J connectivity index is 2.58. The van der Waals surface area contributed by atoms with Crippen molar-refractivity contribution in [2.45, 2.75) is 20.5 Å². The van der Waals surface area contributed by atoms with E-state index in [1.165, 1.54) is 11.1 Å². The zero-order valence-electron chi connectivity index (χ0n) is 9.07. The second-order valence-electron chi connectivity index (χ2n) is 3.82. The minimum atomic E-state index is 0.0698. The van der Waals surface area contributed by atoms with E-state index in [1.54, 1.807) is 0 Å². The standard InChI is InChI=1S/C13H15NO/c1-10-5-6-11(2)13(8-10)14-7-3-4-12(14)9-15/h3-8,15H,9H2,1-2H3. The lowest BCUT2D eigenvalue weighted by Gasteiger charge is -2.11. The van der Waals surface area contributed by atoms with Gasteiger partial charge in [0.2, 0.25) is 0 Å². The predicted octanol–water partition coefficient (Wildman–Crippen LogP) is 2.59. The molecule has 0 bridgehead atoms. The van der Waals surface area contributed by atoms with Gasteiger partial charge in [-0.3, -0.25) is 0 Å². The van der Waals surface area contributed by atoms with Crippen molar-refractivity contribution in [1.29, 1.82) is 0 Å². The summed E-state index contributed by atoms with van der Waals surface area (Å²) in [5.41, 5.74) is 4.51. The fourth-order valence-corrected chi connectivity index (χ4v) is 1.76. The van der Waals surface area contributed by atoms with Gasteiger partial charge in [0.1, 0.15) is 0 Å². The minimum absolute atomic E-state index is 0.0698. The van der Waals surface area contributed by atoms with Crippen LogP contribution in [0.15, 0.2) is 36.5 Å². The van der Waals surface area contributed by atoms with Gasteiger partial charge in [0.05, 0.1) is 6.61 Å². The van der Waals surface area contributed by atoms with Crippen LogP contribution in [0.5, 0.6) is 0 Å². The second kappa shape index (κ2) is 3.91. The van der Waals surface area contributed by atoms with Crippen LogP contribution in [0.1, 0.15) is 16.8 Å². The largest absolute Gasteiger partial charge is 0.390 e. The van der Waals surface area contributed by atoms with Crippen molar-refractivity contribution < 1.29 is 5.11 Å². The highest BCUT2D eigenvalue weighted by Crippen LogP contribution is 2.18. The fraction of sp³-hybridized carbons (Fsp3) is 0.231. The van der Waals surface area contributed by atoms with Gasteiger partial charge in [-0.25, -0.2) is 0 Å². The molecule has 0 aliphatic rings. The van der Waals surface area contributed by atoms with Crippen LogP contribution in [0.2, 0.25) is 0 Å². The average molecular weight is 201 g/mol. The highest BCUT2D eigenvalue weighted by Gasteiger charge is 2.04. The van der Waals surface area contributed by atoms with Crippen LogP contribution in [-0.2, 0) is 6.61 Å². The molecular weight excluding hydrogens is 186 g/mol. The van der Waals surface area contributed by atoms with E-state index in [0.717, 1.165) is 11.4 Å². The summed E-state index contributed by atoms with van der Waals surface area (Å²) in [6, 6.07) is 10.2. The first-order valence-corrected chi connectivity index (χ1v) is 5.07. The first kappa shape index (κ1) is 9.99. The van der Waals surface area contributed by atoms with Crippen molar-refractivity contribution in [3.63, 3.8) is 0 Å². The molecule has 0 unspecified atom stereocenters. The maximum absolute atomic E-state index is 9.21. The van der Waals surface area contributed by atoms with Gasteiger partial charge in [-0.05, 0) is 43.2 Å². The van der Waals surface area contributed by atoms with E-state index in [-0.39, 0.29) is 6.61 Å². The lowest BCUT2D eigenvalue weighted by Crippen LogP contribution is -2.01. The van der Waals surface area contributed by atoms with Gasteiger partial charge in [0.25, 0.3) is 0 Å². The molecule has 2 nitrogen and oxygen atoms in total. The molecule has 15 heavy (non-hydrogen) atoms. The summed E-state index contributed by atoms with van der Waals surface area (Å²) in [6.45, 7) is 4.22. The first-order valence-electron chi connectivity index (χ1n) is 5.07. The van der Waals surface area contributed by atoms with Crippen molar-refractivity contribution in [2.24, 2.45) is 0 Å². The topological polar surface area (TPSA) is 25.2 Å². The molecular formula is C13H15NO. The minimum Gasteiger partial charge on any atom is -0.390 e. The van der Waals surface area contributed by atoms with Gasteiger partial charge in [0, 0.05) is 17.6 Å². The van der Waals surface area contributed by atoms with Crippen LogP contribution >= 0.6 is 0 Å². The Morgan fingerprint density at radius 2 is 2.00 bits per heavy atom. The lowest BCUT2D eigenvalue weighted by molar-refractivity contribution is 0.274. The lowest BCUT2D eigenvalue weighted by atomic mass is 10.1. The van der Waals surface area contributed by atoms with E-state index in [9.17, 15) is 5.11 Å². The van der Waals surface area contributed by atoms with Gasteiger partial charge >= 0.3 is 0 Å². The molecule has 0 fully saturated rings. The highest BCUT2D eigenvalue weighted by atomic mass is 16.3. The maximum Gasteiger partial charge on any atom is 0.0836 e. The molecule has 1 aromatic carbocycles. The Kier molecular flexibility index (Phi) is 2.60. The third-order valence-corrected chi connectivity index (χ3v) is 2.62. The van der Waals surface area contributed by atoms with Crippen molar-refractivity contribution in [2.75, 3.05) is 0 Å². The maximum atomic E-state index is 9.21. The van der Waals surface area contributed by atoms with Crippen LogP contribution in [0.25, 0.3) is 5.69 Å². The summed E-state index contributed by atoms with van der Waals surface area (Å²) < 4.78 is 2.03. The van der Waals surface area contributed by atoms with Crippen molar-refractivity contribution in [1.82, 2.24) is 4.57 Å². The van der Waals surface area contributed by atoms with E-state index in [4.69, 9.17) is 0 Å². The van der Waals surface area contributed by atoms with Gasteiger partial charge in [-0.1, -0.05) is 12.1 Å². The molecule has 0 atom stereocenters. The molecule has 0 aliphatic heterocycles. The first-order chi connectivity index (χ1) is 7.22. The number of nitrogens with zero attached hydrogens (tertiary/aromatic N) is 1. The van der Waals surface area contributed by atoms with Crippen LogP contribution in [0, 0.1) is 13.8 Å². The van der Waals surface area contributed by atoms with E-state index >= 15 is 0 Å². The zero-order valence-corrected chi connectivity index (χ0v) is 9.07. The Morgan fingerprint density at radius 3 is 2.73 bits per heavy atom. The third kappa shape index (κ3) is 1.81. The zero-order chi connectivity index (χ0) is 10.8. The van der Waals surface area contributed by atoms with Gasteiger partial charge in [-0.15, -0.1) is 0 Å². The Morgan fingerprint density at radius 1 is 1.20 bits per heavy atom. The molecule has 2 heteroatoms. The number of hydrogen-bond donors (Lipinski definition) is 1. The monoisotopic (exact) mass is 201 g/mol. The molecule has 1 N–H and O–H groups in total. The Bertz CT molecular complexity index is 471. The van der Waals surface area contributed by atoms with Crippen LogP contribution < -0.4 is 0 Å². The summed E-state index contributed by atoms with van der Waals surface area (Å²) in [7, 11) is 0. The molecule has 0 radical (unpaired) electrons. The summed E-state index contributed by atoms with van der Waals surface area (Å²) in [4.78, 5) is 0. The number of rotatable bonds is 2. The Labute approximate surface area is 89.8 Å². The Hall–Kier alpha value is -1.54. The molecule has 2 rings (SSSR count). The molecule has 78 valence electrons. The summed E-state index contributed by atoms with van der Waals surface area (Å²) in [6.07, 6.45) is 1.98. The second-order valence-corrected chi connectivity index (χ2v) is 3.82. The molecule has 1 aromatic heterocycles. The summed E-state index contributed by atoms with van der Waals surface area (Å²) >= 11 is 0. The fourth-order valence-electron chi connectivity index (χ4n) is 1.76. The van der Waals surface area contributed by atoms with Crippen LogP contribution in [-0.4, -0.2) is 9.67 Å². The highest BCUT2D eigenvalue weighted by molar-refractivity contribution is 5.44. The number of benzene rings is 1. The van der Waals surface area contributed by atoms with Gasteiger partial charge in [0.15, 0.2) is 0 Å². The van der Waals surface area contributed by atoms with E-state index in [0.29, 0.717) is 0 Å². The normalized spacial score (nSPS) is 10.6. The SMILES string of the molecule is Cc1ccc(C)c(-n2cccc2CO)c1. The number of aryl methyl sites for hydroxylation is 2. The number of aromatic nitrogens is 1. The van der Waals surface area contributed by atoms with Crippen molar-refractivity contribution in [3.05, 3.63) is 53.3 Å². The van der Waals surface area contributed by atoms with Gasteiger partial charge < -0.3 is 9.67 Å². The molecule has 1 heterocycles. The number of aliphatic hydroxyl groups excluding tert-OH is 1. The number of hydrogen-bond acceptors (Lipinski definition) is 1. The molecule has 0 amide bonds. The third-order valence-electron chi connectivity index (χ3n) is 2.62. The molecule has 0 aliphatic carbocycles. The van der Waals surface area contributed by atoms with Gasteiger partial charge in [-0.2, -0.15) is 0 Å². The predicted molar refractivity (Wildman–Crippen MR) is 61.2 cm³/mol. The molecule has 0 saturated heterocycles. The van der Waals surface area contributed by atoms with E-state index in [1.807, 2.05) is 22.9 Å². The molecule has 0 saturated carbocycles. The molecule has 2 aromatic rings. The van der Waals surface area contributed by atoms with Crippen LogP contribution in [0.4, 0.5) is 0 Å². The summed E-state index contributed by atoms with van der Waals surface area (Å²) in [5.74, 6) is 0. The average Bonchev–Trinajstić information content (AvgIpc) is 2.69. The van der Waals surface area contributed by atoms with Crippen molar-refractivity contribution in [3.8, 4) is 5.69 Å². The number of aliphatic hydroxyl groups is 1. The van der Waals surface area contributed by atoms with Crippen molar-refractivity contribution >= 4 is 0 Å². The quantitative estimate of drug-likeness (QED) is 0.793. The van der Waals surface area contributed by atoms with E-state index in [2.05, 4.69) is 32.0 Å². The van der Waals surface area contributed by atoms with E-state index < -0.39 is 0 Å².